The van der Waals surface area contributed by atoms with Gasteiger partial charge in [-0.3, -0.25) is 4.79 Å². The van der Waals surface area contributed by atoms with Crippen LogP contribution in [0.15, 0.2) is 73.0 Å². The maximum Gasteiger partial charge on any atom is 0.231 e. The highest BCUT2D eigenvalue weighted by Gasteiger charge is 2.30. The molecular formula is C26H22O4. The van der Waals surface area contributed by atoms with Crippen molar-refractivity contribution in [3.63, 3.8) is 0 Å². The normalized spacial score (nSPS) is 13.7. The predicted octanol–water partition coefficient (Wildman–Crippen LogP) is 5.84. The number of allylic oxidation sites excluding steroid dienone is 1. The zero-order valence-corrected chi connectivity index (χ0v) is 17.0. The van der Waals surface area contributed by atoms with Crippen LogP contribution in [-0.2, 0) is 6.61 Å². The lowest BCUT2D eigenvalue weighted by molar-refractivity contribution is 0.101. The van der Waals surface area contributed by atoms with Gasteiger partial charge in [-0.15, -0.1) is 0 Å². The van der Waals surface area contributed by atoms with Crippen LogP contribution in [0.5, 0.6) is 17.2 Å². The summed E-state index contributed by atoms with van der Waals surface area (Å²) in [6.07, 6.45) is 3.53. The average molecular weight is 398 g/mol. The molecule has 4 nitrogen and oxygen atoms in total. The monoisotopic (exact) mass is 398 g/mol. The molecule has 1 aliphatic rings. The summed E-state index contributed by atoms with van der Waals surface area (Å²) >= 11 is 0. The number of carbonyl (C=O) groups excluding carboxylic acids is 1. The van der Waals surface area contributed by atoms with E-state index in [-0.39, 0.29) is 5.78 Å². The molecule has 30 heavy (non-hydrogen) atoms. The van der Waals surface area contributed by atoms with Crippen LogP contribution in [0.4, 0.5) is 0 Å². The smallest absolute Gasteiger partial charge is 0.231 e. The lowest BCUT2D eigenvalue weighted by Crippen LogP contribution is -1.98. The predicted molar refractivity (Wildman–Crippen MR) is 118 cm³/mol. The lowest BCUT2D eigenvalue weighted by atomic mass is 10.1. The summed E-state index contributed by atoms with van der Waals surface area (Å²) in [5, 5.41) is 0. The van der Waals surface area contributed by atoms with Crippen molar-refractivity contribution in [3.05, 3.63) is 101 Å². The third kappa shape index (κ3) is 3.85. The maximum absolute atomic E-state index is 12.8. The van der Waals surface area contributed by atoms with E-state index in [2.05, 4.69) is 6.58 Å². The molecule has 0 fully saturated rings. The minimum atomic E-state index is -0.137. The number of hydrogen-bond donors (Lipinski definition) is 0. The van der Waals surface area contributed by atoms with Gasteiger partial charge < -0.3 is 14.2 Å². The Balaban J connectivity index is 1.54. The number of ether oxygens (including phenoxy) is 3. The molecule has 0 saturated heterocycles. The van der Waals surface area contributed by atoms with Crippen LogP contribution in [0, 0.1) is 6.92 Å². The van der Waals surface area contributed by atoms with E-state index in [9.17, 15) is 4.79 Å². The first-order chi connectivity index (χ1) is 14.6. The van der Waals surface area contributed by atoms with Gasteiger partial charge in [0.1, 0.15) is 23.9 Å². The minimum absolute atomic E-state index is 0.137. The number of fused-ring (bicyclic) bond motifs is 1. The Kier molecular flexibility index (Phi) is 5.40. The number of methoxy groups -OCH3 is 1. The van der Waals surface area contributed by atoms with E-state index in [0.717, 1.165) is 28.0 Å². The molecule has 0 unspecified atom stereocenters. The van der Waals surface area contributed by atoms with E-state index in [1.165, 1.54) is 0 Å². The zero-order valence-electron chi connectivity index (χ0n) is 17.0. The molecule has 0 radical (unpaired) electrons. The maximum atomic E-state index is 12.8. The van der Waals surface area contributed by atoms with Crippen LogP contribution in [0.25, 0.3) is 12.2 Å². The zero-order chi connectivity index (χ0) is 21.1. The van der Waals surface area contributed by atoms with Crippen molar-refractivity contribution in [3.8, 4) is 17.2 Å². The first-order valence-corrected chi connectivity index (χ1v) is 9.65. The van der Waals surface area contributed by atoms with Crippen molar-refractivity contribution in [2.24, 2.45) is 0 Å². The van der Waals surface area contributed by atoms with Gasteiger partial charge in [0.15, 0.2) is 5.76 Å². The number of rotatable bonds is 6. The number of hydrogen-bond acceptors (Lipinski definition) is 4. The van der Waals surface area contributed by atoms with Crippen LogP contribution < -0.4 is 14.2 Å². The molecule has 0 aromatic heterocycles. The SMILES string of the molecule is C=Cc1ccc(COc2ccc3c(c2C)O/C(=C\c2cccc(OC)c2)C3=O)cc1. The summed E-state index contributed by atoms with van der Waals surface area (Å²) in [5.41, 5.74) is 4.30. The first kappa shape index (κ1) is 19.5. The Morgan fingerprint density at radius 1 is 1.03 bits per heavy atom. The van der Waals surface area contributed by atoms with Crippen LogP contribution in [0.2, 0.25) is 0 Å². The van der Waals surface area contributed by atoms with E-state index in [4.69, 9.17) is 14.2 Å². The van der Waals surface area contributed by atoms with E-state index in [1.807, 2.05) is 61.5 Å². The molecule has 1 heterocycles. The average Bonchev–Trinajstić information content (AvgIpc) is 3.10. The molecular weight excluding hydrogens is 376 g/mol. The van der Waals surface area contributed by atoms with E-state index in [0.29, 0.717) is 29.4 Å². The number of Topliss-reactive ketones (excluding diaryl/α,β-unsaturated/α-hetero) is 1. The molecule has 3 aromatic carbocycles. The molecule has 0 saturated carbocycles. The van der Waals surface area contributed by atoms with Gasteiger partial charge >= 0.3 is 0 Å². The van der Waals surface area contributed by atoms with Crippen LogP contribution in [0.1, 0.15) is 32.6 Å². The van der Waals surface area contributed by atoms with Crippen LogP contribution in [-0.4, -0.2) is 12.9 Å². The van der Waals surface area contributed by atoms with Crippen molar-refractivity contribution in [1.29, 1.82) is 0 Å². The van der Waals surface area contributed by atoms with E-state index >= 15 is 0 Å². The summed E-state index contributed by atoms with van der Waals surface area (Å²) in [6.45, 7) is 6.09. The number of benzene rings is 3. The Morgan fingerprint density at radius 3 is 2.57 bits per heavy atom. The molecule has 0 aliphatic carbocycles. The summed E-state index contributed by atoms with van der Waals surface area (Å²) in [4.78, 5) is 12.8. The molecule has 4 rings (SSSR count). The van der Waals surface area contributed by atoms with Crippen molar-refractivity contribution >= 4 is 17.9 Å². The second-order valence-electron chi connectivity index (χ2n) is 7.02. The third-order valence-electron chi connectivity index (χ3n) is 5.04. The van der Waals surface area contributed by atoms with Gasteiger partial charge in [-0.25, -0.2) is 0 Å². The molecule has 1 aliphatic heterocycles. The minimum Gasteiger partial charge on any atom is -0.497 e. The van der Waals surface area contributed by atoms with Crippen molar-refractivity contribution in [2.45, 2.75) is 13.5 Å². The molecule has 0 amide bonds. The highest BCUT2D eigenvalue weighted by molar-refractivity contribution is 6.15. The molecule has 0 atom stereocenters. The molecule has 4 heteroatoms. The lowest BCUT2D eigenvalue weighted by Gasteiger charge is -2.11. The fourth-order valence-electron chi connectivity index (χ4n) is 3.32. The van der Waals surface area contributed by atoms with E-state index in [1.54, 1.807) is 25.3 Å². The van der Waals surface area contributed by atoms with Crippen molar-refractivity contribution in [1.82, 2.24) is 0 Å². The van der Waals surface area contributed by atoms with Gasteiger partial charge in [-0.1, -0.05) is 49.1 Å². The summed E-state index contributed by atoms with van der Waals surface area (Å²) in [6, 6.07) is 19.1. The standard InChI is InChI=1S/C26H22O4/c1-4-18-8-10-19(11-9-18)16-29-23-13-12-22-25(27)24(30-26(22)17(23)2)15-20-6-5-7-21(14-20)28-3/h4-15H,1,16H2,2-3H3/b24-15-. The highest BCUT2D eigenvalue weighted by atomic mass is 16.5. The molecule has 3 aromatic rings. The number of carbonyl (C=O) groups is 1. The van der Waals surface area contributed by atoms with Crippen molar-refractivity contribution in [2.75, 3.05) is 7.11 Å². The topological polar surface area (TPSA) is 44.8 Å². The molecule has 0 N–H and O–H groups in total. The van der Waals surface area contributed by atoms with Gasteiger partial charge in [0, 0.05) is 5.56 Å². The third-order valence-corrected chi connectivity index (χ3v) is 5.04. The molecule has 150 valence electrons. The number of ketones is 1. The van der Waals surface area contributed by atoms with Gasteiger partial charge in [0.2, 0.25) is 5.78 Å². The fraction of sp³-hybridized carbons (Fsp3) is 0.115. The second-order valence-corrected chi connectivity index (χ2v) is 7.02. The Morgan fingerprint density at radius 2 is 1.83 bits per heavy atom. The Labute approximate surface area is 176 Å². The Bertz CT molecular complexity index is 1140. The summed E-state index contributed by atoms with van der Waals surface area (Å²) in [5.74, 6) is 2.12. The Hall–Kier alpha value is -3.79. The van der Waals surface area contributed by atoms with Crippen molar-refractivity contribution < 1.29 is 19.0 Å². The quantitative estimate of drug-likeness (QED) is 0.489. The van der Waals surface area contributed by atoms with Gasteiger partial charge in [0.25, 0.3) is 0 Å². The van der Waals surface area contributed by atoms with Crippen LogP contribution in [0.3, 0.4) is 0 Å². The second kappa shape index (κ2) is 8.29. The summed E-state index contributed by atoms with van der Waals surface area (Å²) < 4.78 is 17.2. The van der Waals surface area contributed by atoms with Gasteiger partial charge in [-0.05, 0) is 54.0 Å². The van der Waals surface area contributed by atoms with Crippen LogP contribution >= 0.6 is 0 Å². The largest absolute Gasteiger partial charge is 0.497 e. The highest BCUT2D eigenvalue weighted by Crippen LogP contribution is 2.39. The van der Waals surface area contributed by atoms with Gasteiger partial charge in [-0.2, -0.15) is 0 Å². The van der Waals surface area contributed by atoms with E-state index < -0.39 is 0 Å². The first-order valence-electron chi connectivity index (χ1n) is 9.65. The summed E-state index contributed by atoms with van der Waals surface area (Å²) in [7, 11) is 1.61. The molecule has 0 spiro atoms. The molecule has 0 bridgehead atoms. The fourth-order valence-corrected chi connectivity index (χ4v) is 3.32. The van der Waals surface area contributed by atoms with Gasteiger partial charge in [0.05, 0.1) is 12.7 Å².